The molecule has 2 atom stereocenters. The number of aliphatic hydroxyl groups is 2. The number of fused-ring (bicyclic) bond motifs is 1. The van der Waals surface area contributed by atoms with Crippen molar-refractivity contribution < 1.29 is 15.0 Å². The minimum atomic E-state index is -1.11. The number of piperidine rings is 1. The van der Waals surface area contributed by atoms with Crippen LogP contribution in [0, 0.1) is 6.92 Å². The summed E-state index contributed by atoms with van der Waals surface area (Å²) in [7, 11) is 0. The van der Waals surface area contributed by atoms with Gasteiger partial charge in [0.05, 0.1) is 28.5 Å². The van der Waals surface area contributed by atoms with E-state index in [9.17, 15) is 15.0 Å². The van der Waals surface area contributed by atoms with E-state index < -0.39 is 11.7 Å². The van der Waals surface area contributed by atoms with Crippen LogP contribution in [0.5, 0.6) is 0 Å². The third-order valence-electron chi connectivity index (χ3n) is 4.30. The normalized spacial score (nSPS) is 25.0. The van der Waals surface area contributed by atoms with Crippen molar-refractivity contribution in [2.75, 3.05) is 18.8 Å². The topological polar surface area (TPSA) is 89.5 Å². The van der Waals surface area contributed by atoms with Crippen molar-refractivity contribution in [3.63, 3.8) is 0 Å². The van der Waals surface area contributed by atoms with E-state index in [1.165, 1.54) is 11.8 Å². The van der Waals surface area contributed by atoms with Crippen molar-refractivity contribution >= 4 is 28.7 Å². The number of H-pyrrole nitrogens is 1. The van der Waals surface area contributed by atoms with Crippen LogP contribution in [0.4, 0.5) is 0 Å². The fraction of sp³-hybridized carbons (Fsp3) is 0.500. The highest BCUT2D eigenvalue weighted by Crippen LogP contribution is 2.24. The molecule has 1 aliphatic heterocycles. The van der Waals surface area contributed by atoms with Gasteiger partial charge in [-0.3, -0.25) is 4.79 Å². The minimum Gasteiger partial charge on any atom is -0.388 e. The number of aryl methyl sites for hydroxylation is 1. The molecule has 2 aromatic rings. The lowest BCUT2D eigenvalue weighted by atomic mass is 9.91. The Bertz CT molecular complexity index is 728. The van der Waals surface area contributed by atoms with Gasteiger partial charge in [0.25, 0.3) is 0 Å². The number of thioether (sulfide) groups is 1. The summed E-state index contributed by atoms with van der Waals surface area (Å²) in [5, 5.41) is 20.6. The molecule has 0 radical (unpaired) electrons. The minimum absolute atomic E-state index is 0.0545. The highest BCUT2D eigenvalue weighted by atomic mass is 32.2. The van der Waals surface area contributed by atoms with E-state index in [0.29, 0.717) is 18.1 Å². The lowest BCUT2D eigenvalue weighted by molar-refractivity contribution is -0.143. The molecule has 7 heteroatoms. The highest BCUT2D eigenvalue weighted by Gasteiger charge is 2.37. The molecule has 0 bridgehead atoms. The Labute approximate surface area is 138 Å². The Hall–Kier alpha value is -1.57. The van der Waals surface area contributed by atoms with Crippen LogP contribution >= 0.6 is 11.8 Å². The van der Waals surface area contributed by atoms with Crippen molar-refractivity contribution in [1.82, 2.24) is 14.9 Å². The summed E-state index contributed by atoms with van der Waals surface area (Å²) < 4.78 is 0. The fourth-order valence-corrected chi connectivity index (χ4v) is 3.43. The third kappa shape index (κ3) is 3.52. The Morgan fingerprint density at radius 3 is 3.09 bits per heavy atom. The molecule has 1 aromatic heterocycles. The van der Waals surface area contributed by atoms with E-state index in [-0.39, 0.29) is 18.2 Å². The second-order valence-corrected chi connectivity index (χ2v) is 7.28. The van der Waals surface area contributed by atoms with Crippen molar-refractivity contribution in [3.8, 4) is 0 Å². The summed E-state index contributed by atoms with van der Waals surface area (Å²) in [4.78, 5) is 21.5. The number of likely N-dealkylation sites (tertiary alicyclic amines) is 1. The van der Waals surface area contributed by atoms with Crippen LogP contribution in [0.2, 0.25) is 0 Å². The zero-order chi connectivity index (χ0) is 16.6. The number of imidazole rings is 1. The van der Waals surface area contributed by atoms with Crippen LogP contribution in [0.1, 0.15) is 18.9 Å². The number of aromatic nitrogens is 2. The number of β-amino-alcohol motifs (C(OH)–C–C–N with tert-alkyl or cyclic N) is 1. The van der Waals surface area contributed by atoms with E-state index in [0.717, 1.165) is 16.6 Å². The molecule has 1 amide bonds. The molecule has 3 N–H and O–H groups in total. The van der Waals surface area contributed by atoms with Crippen molar-refractivity contribution in [2.45, 2.75) is 37.1 Å². The second-order valence-electron chi connectivity index (χ2n) is 6.31. The van der Waals surface area contributed by atoms with Crippen LogP contribution in [-0.4, -0.2) is 61.5 Å². The molecule has 1 aliphatic rings. The lowest BCUT2D eigenvalue weighted by Crippen LogP contribution is -2.55. The quantitative estimate of drug-likeness (QED) is 0.736. The summed E-state index contributed by atoms with van der Waals surface area (Å²) in [6, 6.07) is 5.98. The molecule has 0 aliphatic carbocycles. The number of aliphatic hydroxyl groups excluding tert-OH is 1. The monoisotopic (exact) mass is 335 g/mol. The van der Waals surface area contributed by atoms with E-state index >= 15 is 0 Å². The van der Waals surface area contributed by atoms with Gasteiger partial charge in [-0.2, -0.15) is 0 Å². The number of nitrogens with zero attached hydrogens (tertiary/aromatic N) is 2. The summed E-state index contributed by atoms with van der Waals surface area (Å²) >= 11 is 1.35. The molecule has 3 rings (SSSR count). The van der Waals surface area contributed by atoms with Crippen LogP contribution in [0.15, 0.2) is 23.4 Å². The third-order valence-corrected chi connectivity index (χ3v) is 5.16. The zero-order valence-corrected chi connectivity index (χ0v) is 14.1. The van der Waals surface area contributed by atoms with Gasteiger partial charge < -0.3 is 20.1 Å². The first-order chi connectivity index (χ1) is 10.8. The van der Waals surface area contributed by atoms with E-state index in [1.807, 2.05) is 25.1 Å². The molecular weight excluding hydrogens is 314 g/mol. The molecular formula is C16H21N3O3S. The van der Waals surface area contributed by atoms with Gasteiger partial charge >= 0.3 is 0 Å². The Morgan fingerprint density at radius 1 is 1.57 bits per heavy atom. The van der Waals surface area contributed by atoms with Gasteiger partial charge in [0.1, 0.15) is 0 Å². The van der Waals surface area contributed by atoms with Gasteiger partial charge in [-0.1, -0.05) is 17.8 Å². The highest BCUT2D eigenvalue weighted by molar-refractivity contribution is 7.99. The van der Waals surface area contributed by atoms with Crippen molar-refractivity contribution in [3.05, 3.63) is 23.8 Å². The van der Waals surface area contributed by atoms with Crippen LogP contribution in [-0.2, 0) is 4.79 Å². The molecule has 1 aromatic carbocycles. The standard InChI is InChI=1S/C16H21N3O3S/c1-10-3-4-11-12(7-10)18-15(17-11)23-9-14(21)19-6-5-16(2,22)13(20)8-19/h3-4,7,13,20,22H,5-6,8-9H2,1-2H3,(H,17,18)/t13-,16-/m0/s1. The molecule has 6 nitrogen and oxygen atoms in total. The number of carbonyl (C=O) groups excluding carboxylic acids is 1. The average Bonchev–Trinajstić information content (AvgIpc) is 2.89. The second kappa shape index (κ2) is 6.14. The largest absolute Gasteiger partial charge is 0.388 e. The van der Waals surface area contributed by atoms with Gasteiger partial charge in [-0.15, -0.1) is 0 Å². The molecule has 0 saturated carbocycles. The molecule has 2 heterocycles. The lowest BCUT2D eigenvalue weighted by Gasteiger charge is -2.39. The summed E-state index contributed by atoms with van der Waals surface area (Å²) in [6.45, 7) is 4.26. The van der Waals surface area contributed by atoms with Gasteiger partial charge in [-0.25, -0.2) is 4.98 Å². The molecule has 0 spiro atoms. The van der Waals surface area contributed by atoms with Gasteiger partial charge in [-0.05, 0) is 38.0 Å². The molecule has 1 fully saturated rings. The first-order valence-corrected chi connectivity index (χ1v) is 8.61. The predicted octanol–water partition coefficient (Wildman–Crippen LogP) is 1.31. The maximum Gasteiger partial charge on any atom is 0.233 e. The fourth-order valence-electron chi connectivity index (χ4n) is 2.64. The smallest absolute Gasteiger partial charge is 0.233 e. The number of amides is 1. The first-order valence-electron chi connectivity index (χ1n) is 7.62. The Kier molecular flexibility index (Phi) is 4.35. The number of aromatic amines is 1. The number of benzene rings is 1. The SMILES string of the molecule is Cc1ccc2nc(SCC(=O)N3CC[C@](C)(O)[C@@H](O)C3)[nH]c2c1. The summed E-state index contributed by atoms with van der Waals surface area (Å²) in [5.41, 5.74) is 1.89. The van der Waals surface area contributed by atoms with E-state index in [2.05, 4.69) is 9.97 Å². The first kappa shape index (κ1) is 16.3. The predicted molar refractivity (Wildman–Crippen MR) is 89.4 cm³/mol. The average molecular weight is 335 g/mol. The van der Waals surface area contributed by atoms with Gasteiger partial charge in [0.2, 0.25) is 5.91 Å². The summed E-state index contributed by atoms with van der Waals surface area (Å²) in [6.07, 6.45) is -0.520. The molecule has 23 heavy (non-hydrogen) atoms. The van der Waals surface area contributed by atoms with E-state index in [1.54, 1.807) is 11.8 Å². The molecule has 0 unspecified atom stereocenters. The Morgan fingerprint density at radius 2 is 2.35 bits per heavy atom. The zero-order valence-electron chi connectivity index (χ0n) is 13.2. The van der Waals surface area contributed by atoms with Crippen LogP contribution < -0.4 is 0 Å². The maximum atomic E-state index is 12.3. The summed E-state index contributed by atoms with van der Waals surface area (Å²) in [5.74, 6) is 0.203. The maximum absolute atomic E-state index is 12.3. The van der Waals surface area contributed by atoms with Crippen molar-refractivity contribution in [2.24, 2.45) is 0 Å². The number of nitrogens with one attached hydrogen (secondary N) is 1. The molecule has 124 valence electrons. The van der Waals surface area contributed by atoms with Gasteiger partial charge in [0.15, 0.2) is 5.16 Å². The Balaban J connectivity index is 1.60. The number of hydrogen-bond donors (Lipinski definition) is 3. The van der Waals surface area contributed by atoms with Crippen LogP contribution in [0.25, 0.3) is 11.0 Å². The van der Waals surface area contributed by atoms with E-state index in [4.69, 9.17) is 0 Å². The van der Waals surface area contributed by atoms with Crippen LogP contribution in [0.3, 0.4) is 0 Å². The van der Waals surface area contributed by atoms with Crippen molar-refractivity contribution in [1.29, 1.82) is 0 Å². The van der Waals surface area contributed by atoms with Gasteiger partial charge in [0, 0.05) is 13.1 Å². The number of hydrogen-bond acceptors (Lipinski definition) is 5. The number of rotatable bonds is 3. The molecule has 1 saturated heterocycles. The number of carbonyl (C=O) groups is 1.